The van der Waals surface area contributed by atoms with Gasteiger partial charge in [0.05, 0.1) is 5.76 Å². The van der Waals surface area contributed by atoms with Crippen molar-refractivity contribution in [1.82, 2.24) is 4.98 Å². The Morgan fingerprint density at radius 3 is 2.15 bits per heavy atom. The van der Waals surface area contributed by atoms with Crippen LogP contribution in [0.15, 0.2) is 83.1 Å². The Balaban J connectivity index is 0.000000347. The van der Waals surface area contributed by atoms with Gasteiger partial charge in [-0.05, 0) is 43.1 Å². The SMILES string of the molecule is CCC(CC)C(=O)/C=C(\O)C(CC)CC.Cc1c(-c2ccc(CC(C)(C)C)cc2)sc2c(-c3[c-]ccc4c3oc3c[c]([Ge]([CH3])([CH3])[CH3])ccc34)nccc12.[Ir]. The summed E-state index contributed by atoms with van der Waals surface area (Å²) in [6.07, 6.45) is 7.90. The molecule has 1 radical (unpaired) electrons. The summed E-state index contributed by atoms with van der Waals surface area (Å²) in [5.74, 6) is 7.80. The van der Waals surface area contributed by atoms with Gasteiger partial charge in [0.1, 0.15) is 0 Å². The van der Waals surface area contributed by atoms with Crippen molar-refractivity contribution in [3.05, 3.63) is 95.9 Å². The molecule has 0 aliphatic rings. The molecular formula is C47H58GeIrNO3S-. The molecule has 7 heteroatoms. The number of aryl methyl sites for hydroxylation is 1. The number of aliphatic hydroxyl groups excluding tert-OH is 1. The first-order chi connectivity index (χ1) is 25.1. The van der Waals surface area contributed by atoms with Gasteiger partial charge in [-0.2, -0.15) is 0 Å². The van der Waals surface area contributed by atoms with Crippen LogP contribution in [0.5, 0.6) is 0 Å². The van der Waals surface area contributed by atoms with Crippen molar-refractivity contribution in [3.8, 4) is 21.7 Å². The standard InChI is InChI=1S/C34H34GeNOS.C13H24O2.Ir/c1-21-25-17-18-36-30(33(25)38-32(21)23-13-11-22(12-14-23)20-34(2,3)4)28-10-8-9-27-26-16-15-24(35(5,6)7)19-29(26)37-31(27)28;1-5-10(6-2)12(14)9-13(15)11(7-3)8-4;/h8-9,11-19H,20H2,1-7H3;9-11,14H,5-8H2,1-4H3;/q-1;;/b;12-9-;. The third kappa shape index (κ3) is 9.85. The first-order valence-electron chi connectivity index (χ1n) is 19.4. The molecule has 0 bridgehead atoms. The van der Waals surface area contributed by atoms with Gasteiger partial charge in [-0.15, -0.1) is 0 Å². The topological polar surface area (TPSA) is 63.3 Å². The molecular weight excluding hydrogens is 923 g/mol. The number of ketones is 1. The van der Waals surface area contributed by atoms with Crippen molar-refractivity contribution < 1.29 is 34.4 Å². The van der Waals surface area contributed by atoms with E-state index < -0.39 is 13.3 Å². The number of pyridine rings is 1. The zero-order valence-electron chi connectivity index (χ0n) is 34.1. The van der Waals surface area contributed by atoms with Crippen LogP contribution in [0.2, 0.25) is 17.3 Å². The van der Waals surface area contributed by atoms with E-state index in [4.69, 9.17) is 9.40 Å². The van der Waals surface area contributed by atoms with Gasteiger partial charge in [-0.25, -0.2) is 0 Å². The Labute approximate surface area is 343 Å². The molecule has 6 aromatic rings. The Hall–Kier alpha value is -3.03. The molecule has 0 unspecified atom stereocenters. The average Bonchev–Trinajstić information content (AvgIpc) is 3.66. The second kappa shape index (κ2) is 18.3. The predicted molar refractivity (Wildman–Crippen MR) is 231 cm³/mol. The predicted octanol–water partition coefficient (Wildman–Crippen LogP) is 13.6. The van der Waals surface area contributed by atoms with Gasteiger partial charge < -0.3 is 5.11 Å². The van der Waals surface area contributed by atoms with E-state index in [1.165, 1.54) is 42.1 Å². The van der Waals surface area contributed by atoms with Gasteiger partial charge >= 0.3 is 183 Å². The smallest absolute Gasteiger partial charge is 0 e. The molecule has 3 aromatic heterocycles. The monoisotopic (exact) mass is 983 g/mol. The second-order valence-corrected chi connectivity index (χ2v) is 28.4. The number of benzene rings is 3. The van der Waals surface area contributed by atoms with Crippen molar-refractivity contribution in [2.45, 2.75) is 105 Å². The van der Waals surface area contributed by atoms with Gasteiger partial charge in [0.2, 0.25) is 0 Å². The van der Waals surface area contributed by atoms with Crippen LogP contribution in [0.3, 0.4) is 0 Å². The molecule has 6 rings (SSSR count). The van der Waals surface area contributed by atoms with Crippen molar-refractivity contribution in [2.24, 2.45) is 17.3 Å². The summed E-state index contributed by atoms with van der Waals surface area (Å²) in [7, 11) is 0. The first-order valence-corrected chi connectivity index (χ1v) is 27.6. The van der Waals surface area contributed by atoms with Crippen LogP contribution in [0.25, 0.3) is 53.7 Å². The van der Waals surface area contributed by atoms with E-state index in [1.54, 1.807) is 0 Å². The van der Waals surface area contributed by atoms with Crippen molar-refractivity contribution in [3.63, 3.8) is 0 Å². The van der Waals surface area contributed by atoms with Crippen LogP contribution in [0, 0.1) is 30.2 Å². The summed E-state index contributed by atoms with van der Waals surface area (Å²) in [5, 5.41) is 13.3. The number of aromatic nitrogens is 1. The Morgan fingerprint density at radius 2 is 1.56 bits per heavy atom. The molecule has 0 atom stereocenters. The summed E-state index contributed by atoms with van der Waals surface area (Å²) < 4.78 is 9.20. The zero-order chi connectivity index (χ0) is 38.7. The Kier molecular flexibility index (Phi) is 14.8. The van der Waals surface area contributed by atoms with Gasteiger partial charge in [0.15, 0.2) is 5.78 Å². The van der Waals surface area contributed by atoms with Crippen LogP contribution in [0.4, 0.5) is 0 Å². The van der Waals surface area contributed by atoms with Crippen LogP contribution < -0.4 is 4.40 Å². The summed E-state index contributed by atoms with van der Waals surface area (Å²) in [6.45, 7) is 17.2. The number of fused-ring (bicyclic) bond motifs is 4. The van der Waals surface area contributed by atoms with E-state index in [-0.39, 0.29) is 48.9 Å². The second-order valence-electron chi connectivity index (χ2n) is 16.7. The number of rotatable bonds is 11. The molecule has 3 heterocycles. The third-order valence-electron chi connectivity index (χ3n) is 10.4. The van der Waals surface area contributed by atoms with Crippen LogP contribution in [-0.4, -0.2) is 29.1 Å². The molecule has 0 saturated heterocycles. The summed E-state index contributed by atoms with van der Waals surface area (Å²) in [4.78, 5) is 17.9. The summed E-state index contributed by atoms with van der Waals surface area (Å²) >= 11 is -0.148. The van der Waals surface area contributed by atoms with E-state index in [9.17, 15) is 9.90 Å². The number of hydrogen-bond donors (Lipinski definition) is 1. The quantitative estimate of drug-likeness (QED) is 0.0608. The molecule has 1 N–H and O–H groups in total. The minimum Gasteiger partial charge on any atom is 0 e. The van der Waals surface area contributed by atoms with Gasteiger partial charge in [0, 0.05) is 38.0 Å². The minimum absolute atomic E-state index is 0. The van der Waals surface area contributed by atoms with Crippen molar-refractivity contribution in [1.29, 1.82) is 0 Å². The molecule has 0 amide bonds. The summed E-state index contributed by atoms with van der Waals surface area (Å²) in [6, 6.07) is 25.7. The Bertz CT molecular complexity index is 2230. The number of thiophene rings is 1. The fraction of sp³-hybridized carbons (Fsp3) is 0.404. The maximum Gasteiger partial charge on any atom is 0 e. The maximum absolute atomic E-state index is 11.7. The third-order valence-corrected chi connectivity index (χ3v) is 16.1. The number of hydrogen-bond acceptors (Lipinski definition) is 5. The maximum atomic E-state index is 11.7. The molecule has 4 nitrogen and oxygen atoms in total. The van der Waals surface area contributed by atoms with E-state index in [0.29, 0.717) is 0 Å². The Morgan fingerprint density at radius 1 is 0.907 bits per heavy atom. The van der Waals surface area contributed by atoms with Gasteiger partial charge in [0.25, 0.3) is 0 Å². The van der Waals surface area contributed by atoms with Crippen LogP contribution >= 0.6 is 11.3 Å². The number of carbonyl (C=O) groups excluding carboxylic acids is 1. The molecule has 3 aromatic carbocycles. The van der Waals surface area contributed by atoms with E-state index >= 15 is 0 Å². The number of furan rings is 1. The first kappa shape index (κ1) is 43.7. The average molecular weight is 982 g/mol. The van der Waals surface area contributed by atoms with Gasteiger partial charge in [-0.3, -0.25) is 4.79 Å². The molecule has 0 spiro atoms. The van der Waals surface area contributed by atoms with Crippen LogP contribution in [-0.2, 0) is 31.3 Å². The minimum atomic E-state index is -1.97. The number of nitrogens with zero attached hydrogens (tertiary/aromatic N) is 1. The zero-order valence-corrected chi connectivity index (χ0v) is 39.4. The summed E-state index contributed by atoms with van der Waals surface area (Å²) in [5.41, 5.74) is 7.95. The normalized spacial score (nSPS) is 12.4. The fourth-order valence-corrected chi connectivity index (χ4v) is 10.9. The number of allylic oxidation sites excluding steroid dienone is 2. The van der Waals surface area contributed by atoms with E-state index in [1.807, 2.05) is 51.3 Å². The molecule has 289 valence electrons. The molecule has 54 heavy (non-hydrogen) atoms. The molecule has 0 aliphatic carbocycles. The van der Waals surface area contributed by atoms with Gasteiger partial charge in [-0.1, -0.05) is 60.6 Å². The largest absolute Gasteiger partial charge is 0 e. The van der Waals surface area contributed by atoms with E-state index in [2.05, 4.69) is 106 Å². The van der Waals surface area contributed by atoms with Crippen molar-refractivity contribution >= 4 is 66.8 Å². The molecule has 0 aliphatic heterocycles. The molecule has 0 saturated carbocycles. The number of carbonyl (C=O) groups is 1. The van der Waals surface area contributed by atoms with Crippen molar-refractivity contribution in [2.75, 3.05) is 0 Å². The molecule has 0 fully saturated rings. The number of aliphatic hydroxyl groups is 1. The van der Waals surface area contributed by atoms with E-state index in [0.717, 1.165) is 65.3 Å². The fourth-order valence-electron chi connectivity index (χ4n) is 7.15. The van der Waals surface area contributed by atoms with Crippen LogP contribution in [0.1, 0.15) is 85.3 Å².